The fourth-order valence-corrected chi connectivity index (χ4v) is 5.64. The van der Waals surface area contributed by atoms with E-state index in [-0.39, 0.29) is 35.9 Å². The van der Waals surface area contributed by atoms with Crippen LogP contribution in [0.3, 0.4) is 0 Å². The SMILES string of the molecule is C[C@H]1[C@H](C(=O)N[C@@H]2C[C@@H]3CC[C@H]2N3C#N)CN(c2cc(Cl)cc(Cl)c2)[C@H]1C. The average molecular weight is 407 g/mol. The first-order chi connectivity index (χ1) is 12.9. The van der Waals surface area contributed by atoms with Crippen molar-refractivity contribution in [2.75, 3.05) is 11.4 Å². The Morgan fingerprint density at radius 3 is 2.56 bits per heavy atom. The quantitative estimate of drug-likeness (QED) is 0.777. The van der Waals surface area contributed by atoms with Crippen LogP contribution in [0.25, 0.3) is 0 Å². The lowest BCUT2D eigenvalue weighted by Crippen LogP contribution is -2.46. The van der Waals surface area contributed by atoms with Gasteiger partial charge in [0.15, 0.2) is 6.19 Å². The summed E-state index contributed by atoms with van der Waals surface area (Å²) in [5.74, 6) is 0.223. The lowest BCUT2D eigenvalue weighted by atomic mass is 9.90. The maximum Gasteiger partial charge on any atom is 0.225 e. The van der Waals surface area contributed by atoms with E-state index in [1.165, 1.54) is 0 Å². The first kappa shape index (κ1) is 18.7. The van der Waals surface area contributed by atoms with Crippen LogP contribution < -0.4 is 10.2 Å². The van der Waals surface area contributed by atoms with Crippen LogP contribution in [0.5, 0.6) is 0 Å². The third-order valence-corrected chi connectivity index (χ3v) is 7.21. The zero-order chi connectivity index (χ0) is 19.3. The molecule has 0 aliphatic carbocycles. The fourth-order valence-electron chi connectivity index (χ4n) is 5.12. The number of fused-ring (bicyclic) bond motifs is 2. The number of hydrogen-bond donors (Lipinski definition) is 1. The van der Waals surface area contributed by atoms with Crippen LogP contribution in [-0.2, 0) is 4.79 Å². The van der Waals surface area contributed by atoms with E-state index < -0.39 is 0 Å². The van der Waals surface area contributed by atoms with Crippen LogP contribution >= 0.6 is 23.2 Å². The van der Waals surface area contributed by atoms with Crippen molar-refractivity contribution < 1.29 is 4.79 Å². The number of nitrogens with zero attached hydrogens (tertiary/aromatic N) is 3. The molecule has 5 nitrogen and oxygen atoms in total. The second-order valence-electron chi connectivity index (χ2n) is 8.14. The van der Waals surface area contributed by atoms with Gasteiger partial charge < -0.3 is 15.1 Å². The summed E-state index contributed by atoms with van der Waals surface area (Å²) in [5, 5.41) is 13.8. The molecule has 3 heterocycles. The molecular formula is C20H24Cl2N4O. The van der Waals surface area contributed by atoms with E-state index in [2.05, 4.69) is 30.3 Å². The highest BCUT2D eigenvalue weighted by molar-refractivity contribution is 6.35. The van der Waals surface area contributed by atoms with Gasteiger partial charge in [0, 0.05) is 34.4 Å². The van der Waals surface area contributed by atoms with Crippen LogP contribution in [0.1, 0.15) is 33.1 Å². The number of anilines is 1. The summed E-state index contributed by atoms with van der Waals surface area (Å²) < 4.78 is 0. The molecule has 0 aromatic heterocycles. The highest BCUT2D eigenvalue weighted by atomic mass is 35.5. The van der Waals surface area contributed by atoms with Gasteiger partial charge in [0.05, 0.1) is 18.0 Å². The maximum atomic E-state index is 13.0. The Hall–Kier alpha value is -1.64. The number of hydrogen-bond acceptors (Lipinski definition) is 4. The molecule has 2 bridgehead atoms. The molecule has 6 atom stereocenters. The summed E-state index contributed by atoms with van der Waals surface area (Å²) >= 11 is 12.3. The Kier molecular flexibility index (Phi) is 4.90. The van der Waals surface area contributed by atoms with Gasteiger partial charge in [-0.15, -0.1) is 0 Å². The van der Waals surface area contributed by atoms with Gasteiger partial charge in [-0.05, 0) is 50.3 Å². The minimum atomic E-state index is -0.0904. The summed E-state index contributed by atoms with van der Waals surface area (Å²) in [5.41, 5.74) is 0.956. The van der Waals surface area contributed by atoms with Gasteiger partial charge in [0.2, 0.25) is 5.91 Å². The molecule has 1 amide bonds. The average Bonchev–Trinajstić information content (AvgIpc) is 3.25. The molecule has 1 N–H and O–H groups in total. The topological polar surface area (TPSA) is 59.4 Å². The predicted octanol–water partition coefficient (Wildman–Crippen LogP) is 3.66. The highest BCUT2D eigenvalue weighted by Gasteiger charge is 2.48. The minimum absolute atomic E-state index is 0.0904. The van der Waals surface area contributed by atoms with Crippen molar-refractivity contribution in [2.24, 2.45) is 11.8 Å². The predicted molar refractivity (Wildman–Crippen MR) is 107 cm³/mol. The summed E-state index contributed by atoms with van der Waals surface area (Å²) in [6.45, 7) is 4.92. The van der Waals surface area contributed by atoms with Gasteiger partial charge in [-0.1, -0.05) is 30.1 Å². The molecule has 0 radical (unpaired) electrons. The number of carbonyl (C=O) groups is 1. The molecule has 7 heteroatoms. The standard InChI is InChI=1S/C20H24Cl2N4O/c1-11-12(2)25(16-6-13(21)5-14(22)7-16)9-17(11)20(27)24-18-8-15-3-4-19(18)26(15)10-23/h5-7,11-12,15,17-19H,3-4,8-9H2,1-2H3,(H,24,27)/t11-,12+,15+,17-,18-,19-/m1/s1. The van der Waals surface area contributed by atoms with E-state index in [0.717, 1.165) is 24.9 Å². The van der Waals surface area contributed by atoms with Crippen molar-refractivity contribution in [3.8, 4) is 6.19 Å². The molecule has 3 aliphatic heterocycles. The number of carbonyl (C=O) groups excluding carboxylic acids is 1. The van der Waals surface area contributed by atoms with Crippen molar-refractivity contribution in [3.63, 3.8) is 0 Å². The molecule has 0 saturated carbocycles. The lowest BCUT2D eigenvalue weighted by molar-refractivity contribution is -0.126. The number of nitriles is 1. The number of rotatable bonds is 3. The summed E-state index contributed by atoms with van der Waals surface area (Å²) in [7, 11) is 0. The van der Waals surface area contributed by atoms with Crippen LogP contribution in [0.4, 0.5) is 5.69 Å². The summed E-state index contributed by atoms with van der Waals surface area (Å²) in [6.07, 6.45) is 5.24. The maximum absolute atomic E-state index is 13.0. The number of amides is 1. The summed E-state index contributed by atoms with van der Waals surface area (Å²) in [6, 6.07) is 6.29. The van der Waals surface area contributed by atoms with Crippen molar-refractivity contribution in [3.05, 3.63) is 28.2 Å². The highest BCUT2D eigenvalue weighted by Crippen LogP contribution is 2.39. The zero-order valence-electron chi connectivity index (χ0n) is 15.5. The first-order valence-corrected chi connectivity index (χ1v) is 10.4. The molecule has 0 spiro atoms. The zero-order valence-corrected chi connectivity index (χ0v) is 17.0. The first-order valence-electron chi connectivity index (χ1n) is 9.60. The van der Waals surface area contributed by atoms with E-state index in [1.807, 2.05) is 17.0 Å². The monoisotopic (exact) mass is 406 g/mol. The van der Waals surface area contributed by atoms with E-state index in [0.29, 0.717) is 22.6 Å². The fraction of sp³-hybridized carbons (Fsp3) is 0.600. The number of benzene rings is 1. The molecule has 3 saturated heterocycles. The third kappa shape index (κ3) is 3.23. The second-order valence-corrected chi connectivity index (χ2v) is 9.02. The molecule has 4 rings (SSSR count). The molecule has 0 unspecified atom stereocenters. The largest absolute Gasteiger partial charge is 0.368 e. The van der Waals surface area contributed by atoms with Gasteiger partial charge in [-0.2, -0.15) is 5.26 Å². The number of halogens is 2. The van der Waals surface area contributed by atoms with Crippen LogP contribution in [0, 0.1) is 23.3 Å². The Balaban J connectivity index is 1.46. The van der Waals surface area contributed by atoms with Crippen LogP contribution in [0.15, 0.2) is 18.2 Å². The number of nitrogens with one attached hydrogen (secondary N) is 1. The van der Waals surface area contributed by atoms with Gasteiger partial charge in [0.25, 0.3) is 0 Å². The molecule has 1 aromatic carbocycles. The smallest absolute Gasteiger partial charge is 0.225 e. The van der Waals surface area contributed by atoms with Crippen molar-refractivity contribution in [1.82, 2.24) is 10.2 Å². The van der Waals surface area contributed by atoms with Gasteiger partial charge >= 0.3 is 0 Å². The third-order valence-electron chi connectivity index (χ3n) is 6.78. The van der Waals surface area contributed by atoms with E-state index in [9.17, 15) is 10.1 Å². The van der Waals surface area contributed by atoms with Gasteiger partial charge in [0.1, 0.15) is 0 Å². The molecule has 144 valence electrons. The van der Waals surface area contributed by atoms with Crippen LogP contribution in [0.2, 0.25) is 10.0 Å². The summed E-state index contributed by atoms with van der Waals surface area (Å²) in [4.78, 5) is 17.1. The van der Waals surface area contributed by atoms with Gasteiger partial charge in [-0.3, -0.25) is 4.79 Å². The molecular weight excluding hydrogens is 383 g/mol. The van der Waals surface area contributed by atoms with Gasteiger partial charge in [-0.25, -0.2) is 0 Å². The Morgan fingerprint density at radius 1 is 1.22 bits per heavy atom. The Morgan fingerprint density at radius 2 is 1.93 bits per heavy atom. The molecule has 3 aliphatic rings. The second kappa shape index (κ2) is 7.07. The van der Waals surface area contributed by atoms with Crippen molar-refractivity contribution >= 4 is 34.8 Å². The van der Waals surface area contributed by atoms with Crippen molar-refractivity contribution in [2.45, 2.75) is 57.3 Å². The Labute approximate surface area is 170 Å². The molecule has 27 heavy (non-hydrogen) atoms. The van der Waals surface area contributed by atoms with E-state index in [1.54, 1.807) is 6.07 Å². The normalized spacial score (nSPS) is 34.8. The van der Waals surface area contributed by atoms with E-state index in [4.69, 9.17) is 23.2 Å². The molecule has 3 fully saturated rings. The minimum Gasteiger partial charge on any atom is -0.368 e. The van der Waals surface area contributed by atoms with Crippen molar-refractivity contribution in [1.29, 1.82) is 5.26 Å². The molecule has 1 aromatic rings. The van der Waals surface area contributed by atoms with Crippen LogP contribution in [-0.4, -0.2) is 41.5 Å². The van der Waals surface area contributed by atoms with E-state index >= 15 is 0 Å². The Bertz CT molecular complexity index is 774. The lowest BCUT2D eigenvalue weighted by Gasteiger charge is -2.25.